The number of ether oxygens (including phenoxy) is 1. The maximum atomic E-state index is 12.1. The molecule has 148 valence electrons. The summed E-state index contributed by atoms with van der Waals surface area (Å²) in [6.07, 6.45) is 2.34. The highest BCUT2D eigenvalue weighted by Gasteiger charge is 2.06. The minimum Gasteiger partial charge on any atom is -0.489 e. The van der Waals surface area contributed by atoms with Crippen molar-refractivity contribution in [3.05, 3.63) is 60.2 Å². The Morgan fingerprint density at radius 2 is 1.71 bits per heavy atom. The predicted molar refractivity (Wildman–Crippen MR) is 111 cm³/mol. The maximum absolute atomic E-state index is 12.1. The fourth-order valence-corrected chi connectivity index (χ4v) is 2.40. The molecule has 6 nitrogen and oxygen atoms in total. The van der Waals surface area contributed by atoms with Crippen LogP contribution in [0.25, 0.3) is 0 Å². The van der Waals surface area contributed by atoms with Crippen molar-refractivity contribution >= 4 is 23.2 Å². The second-order valence-corrected chi connectivity index (χ2v) is 6.51. The number of hydrazone groups is 1. The van der Waals surface area contributed by atoms with Crippen LogP contribution >= 0.6 is 0 Å². The molecule has 2 rings (SSSR count). The number of nitrogens with one attached hydrogen (secondary N) is 2. The van der Waals surface area contributed by atoms with Gasteiger partial charge in [0.05, 0.1) is 6.42 Å². The summed E-state index contributed by atoms with van der Waals surface area (Å²) in [6, 6.07) is 17.1. The number of hydrogen-bond donors (Lipinski definition) is 2. The highest BCUT2D eigenvalue weighted by molar-refractivity contribution is 6.05. The average Bonchev–Trinajstić information content (AvgIpc) is 2.71. The third-order valence-electron chi connectivity index (χ3n) is 3.93. The summed E-state index contributed by atoms with van der Waals surface area (Å²) in [4.78, 5) is 23.6. The van der Waals surface area contributed by atoms with Crippen molar-refractivity contribution in [3.63, 3.8) is 0 Å². The smallest absolute Gasteiger partial charge is 0.240 e. The van der Waals surface area contributed by atoms with E-state index in [1.807, 2.05) is 61.5 Å². The highest BCUT2D eigenvalue weighted by Crippen LogP contribution is 2.14. The van der Waals surface area contributed by atoms with Gasteiger partial charge in [-0.05, 0) is 43.2 Å². The first-order valence-corrected chi connectivity index (χ1v) is 9.45. The lowest BCUT2D eigenvalue weighted by Gasteiger charge is -2.08. The van der Waals surface area contributed by atoms with E-state index in [1.54, 1.807) is 6.92 Å². The topological polar surface area (TPSA) is 79.8 Å². The molecular weight excluding hydrogens is 354 g/mol. The van der Waals surface area contributed by atoms with Gasteiger partial charge >= 0.3 is 0 Å². The predicted octanol–water partition coefficient (Wildman–Crippen LogP) is 4.28. The summed E-state index contributed by atoms with van der Waals surface area (Å²) in [6.45, 7) is 4.19. The lowest BCUT2D eigenvalue weighted by molar-refractivity contribution is -0.121. The minimum absolute atomic E-state index is 0.118. The molecule has 0 bridgehead atoms. The highest BCUT2D eigenvalue weighted by atomic mass is 16.5. The number of anilines is 1. The third-order valence-corrected chi connectivity index (χ3v) is 3.93. The van der Waals surface area contributed by atoms with Gasteiger partial charge < -0.3 is 10.1 Å². The van der Waals surface area contributed by atoms with Gasteiger partial charge in [-0.25, -0.2) is 5.43 Å². The minimum atomic E-state index is -0.183. The van der Waals surface area contributed by atoms with Crippen LogP contribution in [0.1, 0.15) is 45.1 Å². The number of rotatable bonds is 10. The molecule has 2 N–H and O–H groups in total. The summed E-state index contributed by atoms with van der Waals surface area (Å²) in [5.41, 5.74) is 4.74. The Kier molecular flexibility index (Phi) is 8.72. The molecule has 0 unspecified atom stereocenters. The molecule has 0 aliphatic heterocycles. The molecule has 6 heteroatoms. The van der Waals surface area contributed by atoms with Gasteiger partial charge in [-0.2, -0.15) is 5.10 Å². The Morgan fingerprint density at radius 3 is 2.39 bits per heavy atom. The number of carbonyl (C=O) groups is 2. The number of amides is 2. The van der Waals surface area contributed by atoms with Gasteiger partial charge in [0, 0.05) is 17.8 Å². The maximum Gasteiger partial charge on any atom is 0.240 e. The van der Waals surface area contributed by atoms with Crippen molar-refractivity contribution in [3.8, 4) is 5.75 Å². The van der Waals surface area contributed by atoms with Crippen LogP contribution in [0.2, 0.25) is 0 Å². The molecule has 0 aliphatic rings. The molecule has 0 radical (unpaired) electrons. The van der Waals surface area contributed by atoms with Gasteiger partial charge in [0.1, 0.15) is 12.4 Å². The van der Waals surface area contributed by atoms with Crippen molar-refractivity contribution in [1.29, 1.82) is 0 Å². The van der Waals surface area contributed by atoms with Crippen molar-refractivity contribution in [1.82, 2.24) is 5.43 Å². The summed E-state index contributed by atoms with van der Waals surface area (Å²) in [7, 11) is 0. The second-order valence-electron chi connectivity index (χ2n) is 6.51. The van der Waals surface area contributed by atoms with Crippen LogP contribution in [0.15, 0.2) is 59.7 Å². The second kappa shape index (κ2) is 11.5. The van der Waals surface area contributed by atoms with Gasteiger partial charge in [-0.15, -0.1) is 0 Å². The Bertz CT molecular complexity index is 786. The largest absolute Gasteiger partial charge is 0.489 e. The quantitative estimate of drug-likeness (QED) is 0.476. The molecule has 2 amide bonds. The first-order valence-electron chi connectivity index (χ1n) is 9.45. The summed E-state index contributed by atoms with van der Waals surface area (Å²) < 4.78 is 5.70. The standard InChI is InChI=1S/C22H27N3O3/c1-3-4-10-21(26)25-24-17(2)15-22(27)23-19-13-11-18(12-14-19)16-28-20-8-6-5-7-9-20/h5-9,11-14H,3-4,10,15-16H2,1-2H3,(H,23,27)(H,25,26). The Labute approximate surface area is 166 Å². The van der Waals surface area contributed by atoms with Crippen LogP contribution in [0.3, 0.4) is 0 Å². The van der Waals surface area contributed by atoms with E-state index < -0.39 is 0 Å². The Balaban J connectivity index is 1.76. The molecule has 0 atom stereocenters. The third kappa shape index (κ3) is 8.03. The lowest BCUT2D eigenvalue weighted by Crippen LogP contribution is -2.21. The van der Waals surface area contributed by atoms with E-state index in [4.69, 9.17) is 4.74 Å². The molecule has 0 spiro atoms. The van der Waals surface area contributed by atoms with Crippen molar-refractivity contribution < 1.29 is 14.3 Å². The first-order chi connectivity index (χ1) is 13.6. The zero-order valence-electron chi connectivity index (χ0n) is 16.4. The number of para-hydroxylation sites is 1. The summed E-state index contributed by atoms with van der Waals surface area (Å²) in [5.74, 6) is 0.503. The van der Waals surface area contributed by atoms with Crippen molar-refractivity contribution in [2.75, 3.05) is 5.32 Å². The SMILES string of the molecule is CCCCC(=O)NN=C(C)CC(=O)Nc1ccc(COc2ccccc2)cc1. The number of nitrogens with zero attached hydrogens (tertiary/aromatic N) is 1. The van der Waals surface area contributed by atoms with E-state index in [9.17, 15) is 9.59 Å². The molecule has 2 aromatic carbocycles. The van der Waals surface area contributed by atoms with E-state index in [2.05, 4.69) is 15.8 Å². The number of unbranched alkanes of at least 4 members (excludes halogenated alkanes) is 1. The Morgan fingerprint density at radius 1 is 1.00 bits per heavy atom. The molecule has 0 saturated carbocycles. The van der Waals surface area contributed by atoms with E-state index in [0.29, 0.717) is 24.4 Å². The van der Waals surface area contributed by atoms with Crippen molar-refractivity contribution in [2.45, 2.75) is 46.1 Å². The lowest BCUT2D eigenvalue weighted by atomic mass is 10.2. The van der Waals surface area contributed by atoms with E-state index in [1.165, 1.54) is 0 Å². The molecule has 28 heavy (non-hydrogen) atoms. The van der Waals surface area contributed by atoms with Crippen LogP contribution < -0.4 is 15.5 Å². The number of hydrogen-bond acceptors (Lipinski definition) is 4. The van der Waals surface area contributed by atoms with Crippen LogP contribution in [-0.4, -0.2) is 17.5 Å². The number of benzene rings is 2. The normalized spacial score (nSPS) is 11.0. The van der Waals surface area contributed by atoms with Crippen LogP contribution in [0, 0.1) is 0 Å². The van der Waals surface area contributed by atoms with E-state index in [0.717, 1.165) is 24.2 Å². The zero-order chi connectivity index (χ0) is 20.2. The van der Waals surface area contributed by atoms with E-state index in [-0.39, 0.29) is 18.2 Å². The van der Waals surface area contributed by atoms with Gasteiger partial charge in [-0.3, -0.25) is 9.59 Å². The molecular formula is C22H27N3O3. The summed E-state index contributed by atoms with van der Waals surface area (Å²) >= 11 is 0. The molecule has 0 heterocycles. The monoisotopic (exact) mass is 381 g/mol. The van der Waals surface area contributed by atoms with Gasteiger partial charge in [0.25, 0.3) is 0 Å². The molecule has 0 fully saturated rings. The van der Waals surface area contributed by atoms with Crippen molar-refractivity contribution in [2.24, 2.45) is 5.10 Å². The van der Waals surface area contributed by atoms with Gasteiger partial charge in [0.2, 0.25) is 11.8 Å². The van der Waals surface area contributed by atoms with Crippen LogP contribution in [0.5, 0.6) is 5.75 Å². The molecule has 0 aromatic heterocycles. The first kappa shape index (κ1) is 21.2. The Hall–Kier alpha value is -3.15. The summed E-state index contributed by atoms with van der Waals surface area (Å²) in [5, 5.41) is 6.79. The molecule has 0 aliphatic carbocycles. The fourth-order valence-electron chi connectivity index (χ4n) is 2.40. The van der Waals surface area contributed by atoms with Gasteiger partial charge in [0.15, 0.2) is 0 Å². The zero-order valence-corrected chi connectivity index (χ0v) is 16.4. The van der Waals surface area contributed by atoms with Crippen LogP contribution in [-0.2, 0) is 16.2 Å². The van der Waals surface area contributed by atoms with Gasteiger partial charge in [-0.1, -0.05) is 43.7 Å². The van der Waals surface area contributed by atoms with E-state index >= 15 is 0 Å². The number of carbonyl (C=O) groups excluding carboxylic acids is 2. The fraction of sp³-hybridized carbons (Fsp3) is 0.318. The molecule has 2 aromatic rings. The van der Waals surface area contributed by atoms with Crippen LogP contribution in [0.4, 0.5) is 5.69 Å². The average molecular weight is 381 g/mol. The molecule has 0 saturated heterocycles.